The second-order valence-electron chi connectivity index (χ2n) is 6.44. The first-order valence-electron chi connectivity index (χ1n) is 8.74. The van der Waals surface area contributed by atoms with Crippen LogP contribution in [0.5, 0.6) is 11.5 Å². The Morgan fingerprint density at radius 1 is 1.29 bits per heavy atom. The van der Waals surface area contributed by atoms with Crippen LogP contribution in [0.15, 0.2) is 41.3 Å². The molecule has 0 unspecified atom stereocenters. The minimum absolute atomic E-state index is 0. The zero-order chi connectivity index (χ0) is 18.8. The van der Waals surface area contributed by atoms with Crippen LogP contribution in [0.4, 0.5) is 10.3 Å². The molecule has 1 N–H and O–H groups in total. The predicted octanol–water partition coefficient (Wildman–Crippen LogP) is 3.27. The number of fused-ring (bicyclic) bond motifs is 1. The third kappa shape index (κ3) is 4.23. The maximum atomic E-state index is 13.3. The molecule has 9 heteroatoms. The van der Waals surface area contributed by atoms with Gasteiger partial charge in [0, 0.05) is 44.0 Å². The van der Waals surface area contributed by atoms with Crippen molar-refractivity contribution in [2.24, 2.45) is 7.05 Å². The molecule has 0 bridgehead atoms. The molecule has 0 radical (unpaired) electrons. The predicted molar refractivity (Wildman–Crippen MR) is 106 cm³/mol. The Balaban J connectivity index is 0.00000225. The van der Waals surface area contributed by atoms with E-state index in [0.29, 0.717) is 30.2 Å². The zero-order valence-electron chi connectivity index (χ0n) is 15.2. The fraction of sp³-hybridized carbons (Fsp3) is 0.316. The summed E-state index contributed by atoms with van der Waals surface area (Å²) in [6.45, 7) is 1.43. The first-order chi connectivity index (χ1) is 13.1. The van der Waals surface area contributed by atoms with E-state index in [0.717, 1.165) is 12.8 Å². The summed E-state index contributed by atoms with van der Waals surface area (Å²) in [7, 11) is 1.62. The second kappa shape index (κ2) is 8.53. The Labute approximate surface area is 166 Å². The highest BCUT2D eigenvalue weighted by atomic mass is 35.5. The molecule has 1 saturated heterocycles. The quantitative estimate of drug-likeness (QED) is 0.716. The molecule has 0 amide bonds. The molecule has 1 aliphatic rings. The Morgan fingerprint density at radius 3 is 2.82 bits per heavy atom. The first-order valence-corrected chi connectivity index (χ1v) is 8.74. The van der Waals surface area contributed by atoms with Crippen LogP contribution in [0.2, 0.25) is 0 Å². The molecular formula is C19H20ClFN4O3. The van der Waals surface area contributed by atoms with Crippen molar-refractivity contribution in [3.63, 3.8) is 0 Å². The van der Waals surface area contributed by atoms with Crippen molar-refractivity contribution in [1.82, 2.24) is 14.5 Å². The van der Waals surface area contributed by atoms with Crippen molar-refractivity contribution in [2.45, 2.75) is 18.9 Å². The fourth-order valence-electron chi connectivity index (χ4n) is 3.04. The molecule has 1 fully saturated rings. The summed E-state index contributed by atoms with van der Waals surface area (Å²) >= 11 is 0. The van der Waals surface area contributed by atoms with Gasteiger partial charge < -0.3 is 14.8 Å². The summed E-state index contributed by atoms with van der Waals surface area (Å²) in [5, 5.41) is 3.94. The highest BCUT2D eigenvalue weighted by Gasteiger charge is 2.16. The number of hydrogen-bond donors (Lipinski definition) is 1. The summed E-state index contributed by atoms with van der Waals surface area (Å²) in [5.74, 6) is 0.384. The molecule has 0 atom stereocenters. The molecule has 3 aromatic rings. The van der Waals surface area contributed by atoms with Crippen LogP contribution in [0.3, 0.4) is 0 Å². The van der Waals surface area contributed by atoms with Crippen LogP contribution in [0.25, 0.3) is 11.0 Å². The van der Waals surface area contributed by atoms with E-state index in [4.69, 9.17) is 9.47 Å². The second-order valence-corrected chi connectivity index (χ2v) is 6.44. The van der Waals surface area contributed by atoms with E-state index in [1.54, 1.807) is 25.4 Å². The van der Waals surface area contributed by atoms with Gasteiger partial charge in [-0.25, -0.2) is 9.37 Å². The third-order valence-electron chi connectivity index (χ3n) is 4.49. The zero-order valence-corrected chi connectivity index (χ0v) is 16.0. The van der Waals surface area contributed by atoms with Gasteiger partial charge in [0.15, 0.2) is 5.75 Å². The SMILES string of the molecule is Cl.Cn1c(=O)c(Oc2cccc(F)c2)cc2cnc(NC3CCOCC3)nc21. The number of nitrogens with one attached hydrogen (secondary N) is 1. The normalized spacial score (nSPS) is 14.5. The van der Waals surface area contributed by atoms with Crippen molar-refractivity contribution in [3.8, 4) is 11.5 Å². The van der Waals surface area contributed by atoms with Gasteiger partial charge in [0.25, 0.3) is 5.56 Å². The number of pyridine rings is 1. The number of aromatic nitrogens is 3. The summed E-state index contributed by atoms with van der Waals surface area (Å²) < 4.78 is 25.7. The molecule has 7 nitrogen and oxygen atoms in total. The van der Waals surface area contributed by atoms with Crippen LogP contribution in [-0.2, 0) is 11.8 Å². The maximum Gasteiger partial charge on any atom is 0.294 e. The third-order valence-corrected chi connectivity index (χ3v) is 4.49. The smallest absolute Gasteiger partial charge is 0.294 e. The van der Waals surface area contributed by atoms with Crippen molar-refractivity contribution in [2.75, 3.05) is 18.5 Å². The average Bonchev–Trinajstić information content (AvgIpc) is 2.67. The van der Waals surface area contributed by atoms with Gasteiger partial charge >= 0.3 is 0 Å². The van der Waals surface area contributed by atoms with Gasteiger partial charge in [0.1, 0.15) is 17.2 Å². The van der Waals surface area contributed by atoms with Crippen molar-refractivity contribution >= 4 is 29.4 Å². The van der Waals surface area contributed by atoms with E-state index >= 15 is 0 Å². The Kier molecular flexibility index (Phi) is 6.11. The number of anilines is 1. The number of halogens is 2. The molecule has 2 aromatic heterocycles. The number of aryl methyl sites for hydroxylation is 1. The van der Waals surface area contributed by atoms with Gasteiger partial charge in [-0.2, -0.15) is 4.98 Å². The van der Waals surface area contributed by atoms with Crippen LogP contribution in [-0.4, -0.2) is 33.8 Å². The highest BCUT2D eigenvalue weighted by Crippen LogP contribution is 2.22. The Bertz CT molecular complexity index is 1040. The topological polar surface area (TPSA) is 78.3 Å². The molecule has 1 aromatic carbocycles. The van der Waals surface area contributed by atoms with Gasteiger partial charge in [-0.15, -0.1) is 12.4 Å². The van der Waals surface area contributed by atoms with Crippen molar-refractivity contribution in [1.29, 1.82) is 0 Å². The van der Waals surface area contributed by atoms with E-state index in [9.17, 15) is 9.18 Å². The van der Waals surface area contributed by atoms with E-state index in [1.807, 2.05) is 0 Å². The van der Waals surface area contributed by atoms with Crippen molar-refractivity contribution < 1.29 is 13.9 Å². The molecular weight excluding hydrogens is 387 g/mol. The number of rotatable bonds is 4. The van der Waals surface area contributed by atoms with Crippen LogP contribution < -0.4 is 15.6 Å². The highest BCUT2D eigenvalue weighted by molar-refractivity contribution is 5.85. The number of hydrogen-bond acceptors (Lipinski definition) is 6. The summed E-state index contributed by atoms with van der Waals surface area (Å²) in [5.41, 5.74) is 0.138. The molecule has 148 valence electrons. The van der Waals surface area contributed by atoms with Gasteiger partial charge in [0.05, 0.1) is 0 Å². The Morgan fingerprint density at radius 2 is 2.07 bits per heavy atom. The lowest BCUT2D eigenvalue weighted by atomic mass is 10.1. The monoisotopic (exact) mass is 406 g/mol. The fourth-order valence-corrected chi connectivity index (χ4v) is 3.04. The molecule has 3 heterocycles. The number of benzene rings is 1. The van der Waals surface area contributed by atoms with E-state index in [2.05, 4.69) is 15.3 Å². The van der Waals surface area contributed by atoms with Gasteiger partial charge in [-0.05, 0) is 31.0 Å². The Hall–Kier alpha value is -2.71. The lowest BCUT2D eigenvalue weighted by molar-refractivity contribution is 0.0903. The van der Waals surface area contributed by atoms with Gasteiger partial charge in [0.2, 0.25) is 5.95 Å². The molecule has 0 aliphatic carbocycles. The summed E-state index contributed by atoms with van der Waals surface area (Å²) in [4.78, 5) is 21.4. The van der Waals surface area contributed by atoms with Crippen LogP contribution >= 0.6 is 12.4 Å². The minimum Gasteiger partial charge on any atom is -0.451 e. The standard InChI is InChI=1S/C19H19FN4O3.ClH/c1-24-17-12(11-21-19(23-17)22-14-5-7-26-8-6-14)9-16(18(24)25)27-15-4-2-3-13(20)10-15;/h2-4,9-11,14H,5-8H2,1H3,(H,21,22,23);1H. The molecule has 1 aliphatic heterocycles. The lowest BCUT2D eigenvalue weighted by Gasteiger charge is -2.23. The van der Waals surface area contributed by atoms with Crippen LogP contribution in [0.1, 0.15) is 12.8 Å². The van der Waals surface area contributed by atoms with Gasteiger partial charge in [-0.1, -0.05) is 6.07 Å². The average molecular weight is 407 g/mol. The van der Waals surface area contributed by atoms with Crippen LogP contribution in [0, 0.1) is 5.82 Å². The number of ether oxygens (including phenoxy) is 2. The molecule has 0 spiro atoms. The first kappa shape index (κ1) is 20.0. The summed E-state index contributed by atoms with van der Waals surface area (Å²) in [6.07, 6.45) is 3.42. The lowest BCUT2D eigenvalue weighted by Crippen LogP contribution is -2.29. The largest absolute Gasteiger partial charge is 0.451 e. The number of nitrogens with zero attached hydrogens (tertiary/aromatic N) is 3. The summed E-state index contributed by atoms with van der Waals surface area (Å²) in [6, 6.07) is 7.47. The van der Waals surface area contributed by atoms with E-state index in [1.165, 1.54) is 22.8 Å². The minimum atomic E-state index is -0.433. The molecule has 28 heavy (non-hydrogen) atoms. The van der Waals surface area contributed by atoms with Crippen molar-refractivity contribution in [3.05, 3.63) is 52.7 Å². The van der Waals surface area contributed by atoms with Gasteiger partial charge in [-0.3, -0.25) is 9.36 Å². The molecule has 0 saturated carbocycles. The van der Waals surface area contributed by atoms with E-state index in [-0.39, 0.29) is 35.5 Å². The molecule has 4 rings (SSSR count). The maximum absolute atomic E-state index is 13.3. The van der Waals surface area contributed by atoms with E-state index < -0.39 is 5.82 Å².